The van der Waals surface area contributed by atoms with E-state index in [4.69, 9.17) is 49.8 Å². The van der Waals surface area contributed by atoms with Crippen LogP contribution in [-0.2, 0) is 0 Å². The standard InChI is InChI=1S/3C46H30N4/c1-3-9-31(10-4-1)32-18-24-38(25-19-32)45-48-44(37-11-5-2-6-12-37)49-46(50-45)39-26-20-34(21-27-39)33-16-22-35(23-17-33)40-14-7-15-42-41(40)29-28-36-13-8-30-47-43(36)42;1-3-9-31(10-4-1)32-19-23-37(24-20-32)45-48-44(36-11-5-2-6-12-36)49-46(50-45)38-25-21-34(22-26-38)33-15-17-35(18-16-33)39-27-28-42-41-14-8-7-13-40(41)30-47-43(42)29-39;1-3-7-31(8-4-1)32-15-20-38(21-16-32)45-48-44(37-9-5-2-6-10-37)49-46(50-45)39-22-17-34(18-23-39)33-11-13-35(14-12-33)40-25-26-42-41(29-40)24-19-36-27-28-47-30-43(36)42/h3*1-30H. The molecule has 0 saturated carbocycles. The van der Waals surface area contributed by atoms with Crippen molar-refractivity contribution in [2.24, 2.45) is 0 Å². The van der Waals surface area contributed by atoms with E-state index in [0.29, 0.717) is 52.4 Å². The number of nitrogens with zero attached hydrogens (tertiary/aromatic N) is 12. The molecule has 0 bridgehead atoms. The quantitative estimate of drug-likeness (QED) is 0.0751. The molecule has 150 heavy (non-hydrogen) atoms. The lowest BCUT2D eigenvalue weighted by molar-refractivity contribution is 1.07. The molecular formula is C138H90N12. The monoisotopic (exact) mass is 1910 g/mol. The molecule has 0 spiro atoms. The van der Waals surface area contributed by atoms with E-state index in [9.17, 15) is 0 Å². The van der Waals surface area contributed by atoms with Crippen LogP contribution in [0.15, 0.2) is 546 Å². The summed E-state index contributed by atoms with van der Waals surface area (Å²) in [7, 11) is 0. The van der Waals surface area contributed by atoms with Gasteiger partial charge in [0.2, 0.25) is 0 Å². The van der Waals surface area contributed by atoms with Crippen LogP contribution in [0.4, 0.5) is 0 Å². The Morgan fingerprint density at radius 2 is 0.380 bits per heavy atom. The molecule has 12 heteroatoms. The lowest BCUT2D eigenvalue weighted by Gasteiger charge is -2.11. The van der Waals surface area contributed by atoms with Crippen molar-refractivity contribution in [3.05, 3.63) is 546 Å². The number of aromatic nitrogens is 12. The molecule has 0 atom stereocenters. The van der Waals surface area contributed by atoms with Crippen molar-refractivity contribution < 1.29 is 0 Å². The molecule has 6 heterocycles. The summed E-state index contributed by atoms with van der Waals surface area (Å²) in [4.78, 5) is 58.1. The molecule has 6 aromatic heterocycles. The Kier molecular flexibility index (Phi) is 25.0. The minimum Gasteiger partial charge on any atom is -0.264 e. The third-order valence-electron chi connectivity index (χ3n) is 27.7. The van der Waals surface area contributed by atoms with Gasteiger partial charge in [-0.2, -0.15) is 0 Å². The lowest BCUT2D eigenvalue weighted by atomic mass is 9.95. The molecule has 702 valence electrons. The smallest absolute Gasteiger partial charge is 0.164 e. The SMILES string of the molecule is c1ccc(-c2ccc(-c3nc(-c4ccccc4)nc(-c4ccc(-c5ccc(-c6ccc7c(c6)ncc6ccccc67)cc5)cc4)n3)cc2)cc1.c1ccc(-c2ccc(-c3nc(-c4ccccc4)nc(-c4ccc(-c5ccc(-c6ccc7c(ccc8ccncc87)c6)cc5)cc4)n3)cc2)cc1.c1ccc(-c2ccc(-c3nc(-c4ccccc4)nc(-c4ccc(-c5ccc(-c6cccc7c6ccc6cccnc67)cc5)cc4)n3)cc2)cc1. The highest BCUT2D eigenvalue weighted by molar-refractivity contribution is 6.11. The number of benzene rings is 21. The van der Waals surface area contributed by atoms with Gasteiger partial charge in [-0.05, 0) is 151 Å². The van der Waals surface area contributed by atoms with Crippen LogP contribution in [-0.4, -0.2) is 59.8 Å². The number of hydrogen-bond acceptors (Lipinski definition) is 12. The van der Waals surface area contributed by atoms with E-state index in [2.05, 4.69) is 416 Å². The average molecular weight is 1920 g/mol. The second-order valence-electron chi connectivity index (χ2n) is 37.0. The Morgan fingerprint density at radius 1 is 0.120 bits per heavy atom. The van der Waals surface area contributed by atoms with Crippen molar-refractivity contribution in [1.82, 2.24) is 59.8 Å². The molecular weight excluding hydrogens is 1830 g/mol. The number of fused-ring (bicyclic) bond motifs is 9. The van der Waals surface area contributed by atoms with Gasteiger partial charge in [0, 0.05) is 102 Å². The minimum absolute atomic E-state index is 0.639. The van der Waals surface area contributed by atoms with E-state index in [1.54, 1.807) is 0 Å². The topological polar surface area (TPSA) is 155 Å². The molecule has 0 unspecified atom stereocenters. The Labute approximate surface area is 867 Å². The molecule has 0 aliphatic heterocycles. The zero-order chi connectivity index (χ0) is 99.8. The van der Waals surface area contributed by atoms with Crippen LogP contribution in [0.25, 0.3) is 268 Å². The maximum absolute atomic E-state index is 4.97. The fourth-order valence-electron chi connectivity index (χ4n) is 19.6. The highest BCUT2D eigenvalue weighted by atomic mass is 15.1. The van der Waals surface area contributed by atoms with Crippen LogP contribution in [0.5, 0.6) is 0 Å². The summed E-state index contributed by atoms with van der Waals surface area (Å²) in [6, 6.07) is 181. The average Bonchev–Trinajstić information content (AvgIpc) is 0.795. The fourth-order valence-corrected chi connectivity index (χ4v) is 19.6. The first-order chi connectivity index (χ1) is 74.3. The van der Waals surface area contributed by atoms with E-state index in [0.717, 1.165) is 133 Å². The van der Waals surface area contributed by atoms with Gasteiger partial charge in [0.1, 0.15) is 0 Å². The van der Waals surface area contributed by atoms with E-state index < -0.39 is 0 Å². The number of rotatable bonds is 18. The number of hydrogen-bond donors (Lipinski definition) is 0. The van der Waals surface area contributed by atoms with E-state index >= 15 is 0 Å². The van der Waals surface area contributed by atoms with Gasteiger partial charge in [-0.1, -0.05) is 497 Å². The summed E-state index contributed by atoms with van der Waals surface area (Å²) in [6.45, 7) is 0. The Balaban J connectivity index is 0.000000116. The van der Waals surface area contributed by atoms with Gasteiger partial charge in [0.05, 0.1) is 11.0 Å². The summed E-state index contributed by atoms with van der Waals surface area (Å²) in [6.07, 6.45) is 7.61. The third-order valence-corrected chi connectivity index (χ3v) is 27.7. The van der Waals surface area contributed by atoms with Crippen LogP contribution >= 0.6 is 0 Å². The van der Waals surface area contributed by atoms with Gasteiger partial charge in [-0.25, -0.2) is 44.9 Å². The van der Waals surface area contributed by atoms with Crippen molar-refractivity contribution in [3.8, 4) is 203 Å². The van der Waals surface area contributed by atoms with Crippen molar-refractivity contribution in [2.75, 3.05) is 0 Å². The van der Waals surface area contributed by atoms with Crippen molar-refractivity contribution in [2.45, 2.75) is 0 Å². The first-order valence-electron chi connectivity index (χ1n) is 50.1. The molecule has 0 fully saturated rings. The normalized spacial score (nSPS) is 11.2. The summed E-state index contributed by atoms with van der Waals surface area (Å²) in [5, 5.41) is 11.9. The zero-order valence-corrected chi connectivity index (χ0v) is 81.3. The van der Waals surface area contributed by atoms with Crippen LogP contribution in [0.1, 0.15) is 0 Å². The maximum atomic E-state index is 4.97. The first kappa shape index (κ1) is 90.9. The van der Waals surface area contributed by atoms with E-state index in [1.165, 1.54) is 82.0 Å². The zero-order valence-electron chi connectivity index (χ0n) is 81.3. The van der Waals surface area contributed by atoms with Crippen LogP contribution in [0.2, 0.25) is 0 Å². The number of pyridine rings is 3. The summed E-state index contributed by atoms with van der Waals surface area (Å²) in [5.41, 5.74) is 31.4. The van der Waals surface area contributed by atoms with Gasteiger partial charge >= 0.3 is 0 Å². The Morgan fingerprint density at radius 3 is 0.753 bits per heavy atom. The van der Waals surface area contributed by atoms with Crippen LogP contribution in [0, 0.1) is 0 Å². The van der Waals surface area contributed by atoms with Crippen molar-refractivity contribution in [1.29, 1.82) is 0 Å². The highest BCUT2D eigenvalue weighted by Crippen LogP contribution is 2.41. The molecule has 12 nitrogen and oxygen atoms in total. The van der Waals surface area contributed by atoms with Gasteiger partial charge in [0.15, 0.2) is 52.4 Å². The van der Waals surface area contributed by atoms with Crippen molar-refractivity contribution in [3.63, 3.8) is 0 Å². The van der Waals surface area contributed by atoms with Gasteiger partial charge in [0.25, 0.3) is 0 Å². The fraction of sp³-hybridized carbons (Fsp3) is 0. The van der Waals surface area contributed by atoms with Crippen molar-refractivity contribution >= 4 is 64.9 Å². The predicted octanol–water partition coefficient (Wildman–Crippen LogP) is 34.7. The summed E-state index contributed by atoms with van der Waals surface area (Å²) in [5.74, 6) is 5.80. The van der Waals surface area contributed by atoms with E-state index in [1.807, 2.05) is 140 Å². The molecule has 0 aliphatic carbocycles. The lowest BCUT2D eigenvalue weighted by Crippen LogP contribution is -2.00. The molecule has 27 rings (SSSR count). The van der Waals surface area contributed by atoms with E-state index in [-0.39, 0.29) is 0 Å². The Hall–Kier alpha value is -20.3. The highest BCUT2D eigenvalue weighted by Gasteiger charge is 2.21. The maximum Gasteiger partial charge on any atom is 0.164 e. The van der Waals surface area contributed by atoms with Crippen LogP contribution in [0.3, 0.4) is 0 Å². The molecule has 0 saturated heterocycles. The second-order valence-corrected chi connectivity index (χ2v) is 37.0. The molecule has 0 radical (unpaired) electrons. The summed E-state index contributed by atoms with van der Waals surface area (Å²) < 4.78 is 0. The van der Waals surface area contributed by atoms with Gasteiger partial charge in [-0.3, -0.25) is 15.0 Å². The Bertz CT molecular complexity index is 9190. The molecule has 0 aliphatic rings. The first-order valence-corrected chi connectivity index (χ1v) is 50.1. The summed E-state index contributed by atoms with van der Waals surface area (Å²) >= 11 is 0. The molecule has 21 aromatic carbocycles. The van der Waals surface area contributed by atoms with Gasteiger partial charge in [-0.15, -0.1) is 0 Å². The van der Waals surface area contributed by atoms with Gasteiger partial charge < -0.3 is 0 Å². The largest absolute Gasteiger partial charge is 0.264 e. The molecule has 27 aromatic rings. The molecule has 0 N–H and O–H groups in total. The second kappa shape index (κ2) is 41.2. The molecule has 0 amide bonds. The third kappa shape index (κ3) is 19.3. The van der Waals surface area contributed by atoms with Crippen LogP contribution < -0.4 is 0 Å². The minimum atomic E-state index is 0.639. The predicted molar refractivity (Wildman–Crippen MR) is 616 cm³/mol.